The van der Waals surface area contributed by atoms with Crippen LogP contribution in [0.3, 0.4) is 0 Å². The molecule has 71 heavy (non-hydrogen) atoms. The third-order valence-corrected chi connectivity index (χ3v) is 13.2. The molecule has 0 rings (SSSR count). The molecule has 0 amide bonds. The maximum atomic E-state index is 12.9. The van der Waals surface area contributed by atoms with Crippen molar-refractivity contribution in [1.29, 1.82) is 0 Å². The van der Waals surface area contributed by atoms with Crippen LogP contribution in [-0.2, 0) is 28.6 Å². The maximum absolute atomic E-state index is 12.9. The van der Waals surface area contributed by atoms with Gasteiger partial charge in [-0.15, -0.1) is 0 Å². The normalized spacial score (nSPS) is 12.5. The molecule has 0 aromatic carbocycles. The molecule has 1 atom stereocenters. The van der Waals surface area contributed by atoms with Gasteiger partial charge in [0.25, 0.3) is 0 Å². The van der Waals surface area contributed by atoms with Crippen molar-refractivity contribution in [1.82, 2.24) is 0 Å². The van der Waals surface area contributed by atoms with Crippen LogP contribution in [0, 0.1) is 0 Å². The van der Waals surface area contributed by atoms with E-state index >= 15 is 0 Å². The molecule has 1 unspecified atom stereocenters. The summed E-state index contributed by atoms with van der Waals surface area (Å²) in [4.78, 5) is 38.2. The molecular weight excluding hydrogens is 877 g/mol. The number of allylic oxidation sites excluding steroid dienone is 12. The van der Waals surface area contributed by atoms with Crippen molar-refractivity contribution in [2.45, 2.75) is 309 Å². The highest BCUT2D eigenvalue weighted by Gasteiger charge is 2.19. The standard InChI is InChI=1S/C65H114O6/c1-4-7-10-13-16-19-22-25-28-30-31-32-33-35-37-40-43-46-49-52-55-58-64(67)70-61-62(60-69-63(66)57-54-51-48-45-42-39-36-27-24-21-18-15-12-9-6-3)71-65(68)59-56-53-50-47-44-41-38-34-29-26-23-20-17-14-11-8-5-2/h7,10,16,19,25-29,31-32,36,62H,4-6,8-9,11-15,17-18,20-24,30,33-35,37-61H2,1-3H3/b10-7-,19-16-,28-25-,29-26-,32-31-,36-27-. The first-order chi connectivity index (χ1) is 35.0. The van der Waals surface area contributed by atoms with Gasteiger partial charge in [0.2, 0.25) is 0 Å². The van der Waals surface area contributed by atoms with Crippen molar-refractivity contribution in [2.24, 2.45) is 0 Å². The Morgan fingerprint density at radius 1 is 0.296 bits per heavy atom. The molecule has 0 aliphatic carbocycles. The highest BCUT2D eigenvalue weighted by molar-refractivity contribution is 5.71. The Hall–Kier alpha value is -3.15. The largest absolute Gasteiger partial charge is 0.462 e. The number of rotatable bonds is 55. The van der Waals surface area contributed by atoms with Gasteiger partial charge in [-0.25, -0.2) is 0 Å². The van der Waals surface area contributed by atoms with Crippen LogP contribution in [0.5, 0.6) is 0 Å². The van der Waals surface area contributed by atoms with Gasteiger partial charge < -0.3 is 14.2 Å². The van der Waals surface area contributed by atoms with E-state index in [1.807, 2.05) is 0 Å². The predicted molar refractivity (Wildman–Crippen MR) is 307 cm³/mol. The molecule has 0 aliphatic rings. The summed E-state index contributed by atoms with van der Waals surface area (Å²) in [5, 5.41) is 0. The molecule has 6 nitrogen and oxygen atoms in total. The average molecular weight is 992 g/mol. The molecule has 0 aromatic heterocycles. The molecule has 0 N–H and O–H groups in total. The number of hydrogen-bond donors (Lipinski definition) is 0. The highest BCUT2D eigenvalue weighted by atomic mass is 16.6. The summed E-state index contributed by atoms with van der Waals surface area (Å²) in [7, 11) is 0. The van der Waals surface area contributed by atoms with Gasteiger partial charge in [-0.1, -0.05) is 248 Å². The number of unbranched alkanes of at least 4 members (excludes halogenated alkanes) is 32. The Morgan fingerprint density at radius 2 is 0.549 bits per heavy atom. The van der Waals surface area contributed by atoms with Crippen molar-refractivity contribution < 1.29 is 28.6 Å². The minimum absolute atomic E-state index is 0.0827. The summed E-state index contributed by atoms with van der Waals surface area (Å²) in [5.41, 5.74) is 0. The van der Waals surface area contributed by atoms with E-state index < -0.39 is 6.10 Å². The number of carbonyl (C=O) groups is 3. The lowest BCUT2D eigenvalue weighted by molar-refractivity contribution is -0.167. The fourth-order valence-corrected chi connectivity index (χ4v) is 8.60. The van der Waals surface area contributed by atoms with Gasteiger partial charge in [-0.3, -0.25) is 14.4 Å². The fourth-order valence-electron chi connectivity index (χ4n) is 8.60. The third kappa shape index (κ3) is 57.6. The SMILES string of the molecule is CC/C=C\C/C=C\C/C=C\C/C=C\CCCCCCCCCCC(=O)OCC(COC(=O)CCCCCCC/C=C\CCCCCCCC)OC(=O)CCCCCCCCC/C=C\CCCCCCCC. The summed E-state index contributed by atoms with van der Waals surface area (Å²) in [6.45, 7) is 6.53. The van der Waals surface area contributed by atoms with E-state index in [0.29, 0.717) is 19.3 Å². The Labute approximate surface area is 440 Å². The Kier molecular flexibility index (Phi) is 56.8. The van der Waals surface area contributed by atoms with Crippen LogP contribution in [0.1, 0.15) is 303 Å². The molecule has 0 spiro atoms. The van der Waals surface area contributed by atoms with Gasteiger partial charge in [0.1, 0.15) is 13.2 Å². The second-order valence-electron chi connectivity index (χ2n) is 20.2. The van der Waals surface area contributed by atoms with E-state index in [4.69, 9.17) is 14.2 Å². The van der Waals surface area contributed by atoms with Crippen molar-refractivity contribution in [3.05, 3.63) is 72.9 Å². The summed E-state index contributed by atoms with van der Waals surface area (Å²) in [5.74, 6) is -0.891. The third-order valence-electron chi connectivity index (χ3n) is 13.2. The second-order valence-corrected chi connectivity index (χ2v) is 20.2. The van der Waals surface area contributed by atoms with Gasteiger partial charge in [-0.05, 0) is 109 Å². The van der Waals surface area contributed by atoms with Crippen LogP contribution < -0.4 is 0 Å². The summed E-state index contributed by atoms with van der Waals surface area (Å²) >= 11 is 0. The summed E-state index contributed by atoms with van der Waals surface area (Å²) in [6, 6.07) is 0. The van der Waals surface area contributed by atoms with E-state index in [1.54, 1.807) is 0 Å². The van der Waals surface area contributed by atoms with Gasteiger partial charge in [0.05, 0.1) is 0 Å². The van der Waals surface area contributed by atoms with Gasteiger partial charge >= 0.3 is 17.9 Å². The zero-order valence-electron chi connectivity index (χ0n) is 47.0. The van der Waals surface area contributed by atoms with E-state index in [0.717, 1.165) is 96.3 Å². The monoisotopic (exact) mass is 991 g/mol. The highest BCUT2D eigenvalue weighted by Crippen LogP contribution is 2.15. The van der Waals surface area contributed by atoms with E-state index in [9.17, 15) is 14.4 Å². The minimum atomic E-state index is -0.785. The number of ether oxygens (including phenoxy) is 3. The molecule has 0 aromatic rings. The molecule has 0 saturated heterocycles. The van der Waals surface area contributed by atoms with Crippen molar-refractivity contribution >= 4 is 17.9 Å². The van der Waals surface area contributed by atoms with Crippen LogP contribution in [0.4, 0.5) is 0 Å². The Balaban J connectivity index is 4.38. The quantitative estimate of drug-likeness (QED) is 0.0261. The number of hydrogen-bond acceptors (Lipinski definition) is 6. The first kappa shape index (κ1) is 67.8. The molecule has 410 valence electrons. The van der Waals surface area contributed by atoms with E-state index in [2.05, 4.69) is 93.7 Å². The molecule has 0 fully saturated rings. The number of carbonyl (C=O) groups excluding carboxylic acids is 3. The second kappa shape index (κ2) is 59.4. The molecule has 0 aliphatic heterocycles. The molecule has 0 bridgehead atoms. The molecular formula is C65H114O6. The van der Waals surface area contributed by atoms with Crippen LogP contribution in [0.2, 0.25) is 0 Å². The Morgan fingerprint density at radius 3 is 0.873 bits per heavy atom. The lowest BCUT2D eigenvalue weighted by Gasteiger charge is -2.18. The molecule has 0 saturated carbocycles. The average Bonchev–Trinajstić information content (AvgIpc) is 3.37. The molecule has 0 radical (unpaired) electrons. The summed E-state index contributed by atoms with van der Waals surface area (Å²) < 4.78 is 16.9. The zero-order valence-corrected chi connectivity index (χ0v) is 47.0. The zero-order chi connectivity index (χ0) is 51.4. The maximum Gasteiger partial charge on any atom is 0.306 e. The lowest BCUT2D eigenvalue weighted by atomic mass is 10.1. The predicted octanol–water partition coefficient (Wildman–Crippen LogP) is 20.5. The van der Waals surface area contributed by atoms with Crippen molar-refractivity contribution in [2.75, 3.05) is 13.2 Å². The van der Waals surface area contributed by atoms with Gasteiger partial charge in [0.15, 0.2) is 6.10 Å². The number of esters is 3. The first-order valence-electron chi connectivity index (χ1n) is 30.4. The van der Waals surface area contributed by atoms with Crippen molar-refractivity contribution in [3.8, 4) is 0 Å². The smallest absolute Gasteiger partial charge is 0.306 e. The van der Waals surface area contributed by atoms with E-state index in [-0.39, 0.29) is 31.1 Å². The van der Waals surface area contributed by atoms with Crippen molar-refractivity contribution in [3.63, 3.8) is 0 Å². The topological polar surface area (TPSA) is 78.9 Å². The molecule has 6 heteroatoms. The van der Waals surface area contributed by atoms with Gasteiger partial charge in [-0.2, -0.15) is 0 Å². The van der Waals surface area contributed by atoms with Crippen LogP contribution in [0.15, 0.2) is 72.9 Å². The molecule has 0 heterocycles. The van der Waals surface area contributed by atoms with E-state index in [1.165, 1.54) is 167 Å². The van der Waals surface area contributed by atoms with Gasteiger partial charge in [0, 0.05) is 19.3 Å². The van der Waals surface area contributed by atoms with Crippen LogP contribution in [0.25, 0.3) is 0 Å². The Bertz CT molecular complexity index is 1320. The minimum Gasteiger partial charge on any atom is -0.462 e. The summed E-state index contributed by atoms with van der Waals surface area (Å²) in [6.07, 6.45) is 76.0. The van der Waals surface area contributed by atoms with Crippen LogP contribution in [-0.4, -0.2) is 37.2 Å². The van der Waals surface area contributed by atoms with Crippen LogP contribution >= 0.6 is 0 Å². The lowest BCUT2D eigenvalue weighted by Crippen LogP contribution is -2.30. The fraction of sp³-hybridized carbons (Fsp3) is 0.769. The first-order valence-corrected chi connectivity index (χ1v) is 30.4.